The first-order valence-corrected chi connectivity index (χ1v) is 18.6. The Morgan fingerprint density at radius 2 is 1.35 bits per heavy atom. The molecule has 0 aromatic heterocycles. The number of carbonyl (C=O) groups excluding carboxylic acids is 2. The number of hydrogen-bond acceptors (Lipinski definition) is 6. The molecule has 1 fully saturated rings. The van der Waals surface area contributed by atoms with Gasteiger partial charge in [-0.15, -0.1) is 0 Å². The molecule has 0 N–H and O–H groups in total. The Morgan fingerprint density at radius 3 is 1.87 bits per heavy atom. The molecule has 0 aliphatic heterocycles. The van der Waals surface area contributed by atoms with E-state index >= 15 is 0 Å². The average Bonchev–Trinajstić information content (AvgIpc) is 3.46. The van der Waals surface area contributed by atoms with E-state index in [0.29, 0.717) is 18.6 Å². The van der Waals surface area contributed by atoms with Crippen LogP contribution in [0.5, 0.6) is 0 Å². The lowest BCUT2D eigenvalue weighted by Crippen LogP contribution is -2.67. The van der Waals surface area contributed by atoms with Gasteiger partial charge in [-0.05, 0) is 78.4 Å². The van der Waals surface area contributed by atoms with Crippen molar-refractivity contribution in [2.45, 2.75) is 96.8 Å². The summed E-state index contributed by atoms with van der Waals surface area (Å²) in [4.78, 5) is 25.6. The van der Waals surface area contributed by atoms with E-state index in [0.717, 1.165) is 32.1 Å². The third-order valence-corrected chi connectivity index (χ3v) is 14.3. The lowest BCUT2D eigenvalue weighted by Gasteiger charge is -2.44. The molecule has 248 valence electrons. The number of benzene rings is 3. The van der Waals surface area contributed by atoms with Crippen LogP contribution in [0.2, 0.25) is 5.04 Å². The van der Waals surface area contributed by atoms with Crippen molar-refractivity contribution in [3.63, 3.8) is 0 Å². The minimum atomic E-state index is -2.83. The van der Waals surface area contributed by atoms with Gasteiger partial charge in [0, 0.05) is 6.42 Å². The van der Waals surface area contributed by atoms with Gasteiger partial charge >= 0.3 is 11.9 Å². The molecule has 1 aliphatic rings. The van der Waals surface area contributed by atoms with Gasteiger partial charge in [0.1, 0.15) is 5.60 Å². The molecule has 46 heavy (non-hydrogen) atoms. The van der Waals surface area contributed by atoms with Gasteiger partial charge in [-0.3, -0.25) is 4.79 Å². The summed E-state index contributed by atoms with van der Waals surface area (Å²) in [6.45, 7) is 13.1. The summed E-state index contributed by atoms with van der Waals surface area (Å²) in [5.41, 5.74) is 0.141. The zero-order chi connectivity index (χ0) is 33.2. The van der Waals surface area contributed by atoms with Crippen molar-refractivity contribution < 1.29 is 28.2 Å². The van der Waals surface area contributed by atoms with Gasteiger partial charge in [0.25, 0.3) is 8.32 Å². The third-order valence-electron chi connectivity index (χ3n) is 9.31. The van der Waals surface area contributed by atoms with Gasteiger partial charge in [0.2, 0.25) is 0 Å². The summed E-state index contributed by atoms with van der Waals surface area (Å²) in [6.07, 6.45) is 4.78. The number of ether oxygens (including phenoxy) is 3. The van der Waals surface area contributed by atoms with Crippen molar-refractivity contribution in [3.8, 4) is 0 Å². The smallest absolute Gasteiger partial charge is 0.340 e. The molecule has 0 radical (unpaired) electrons. The van der Waals surface area contributed by atoms with Crippen LogP contribution in [-0.2, 0) is 23.4 Å². The van der Waals surface area contributed by atoms with Crippen molar-refractivity contribution in [1.29, 1.82) is 0 Å². The van der Waals surface area contributed by atoms with Crippen molar-refractivity contribution in [2.24, 2.45) is 11.8 Å². The van der Waals surface area contributed by atoms with Crippen molar-refractivity contribution >= 4 is 30.6 Å². The highest BCUT2D eigenvalue weighted by Crippen LogP contribution is 2.38. The molecule has 3 atom stereocenters. The first-order chi connectivity index (χ1) is 21.9. The number of esters is 2. The van der Waals surface area contributed by atoms with Crippen molar-refractivity contribution in [1.82, 2.24) is 0 Å². The summed E-state index contributed by atoms with van der Waals surface area (Å²) >= 11 is 0. The molecule has 0 saturated heterocycles. The van der Waals surface area contributed by atoms with Crippen LogP contribution in [-0.4, -0.2) is 45.4 Å². The fourth-order valence-electron chi connectivity index (χ4n) is 6.87. The summed E-state index contributed by atoms with van der Waals surface area (Å²) in [5.74, 6) is -0.477. The second-order valence-electron chi connectivity index (χ2n) is 14.2. The molecule has 3 aromatic rings. The topological polar surface area (TPSA) is 71.1 Å². The monoisotopic (exact) mass is 644 g/mol. The maximum atomic E-state index is 12.9. The van der Waals surface area contributed by atoms with Crippen LogP contribution in [0.1, 0.15) is 90.4 Å². The Kier molecular flexibility index (Phi) is 12.4. The Bertz CT molecular complexity index is 1330. The van der Waals surface area contributed by atoms with Gasteiger partial charge in [-0.25, -0.2) is 4.79 Å². The zero-order valence-corrected chi connectivity index (χ0v) is 29.5. The maximum absolute atomic E-state index is 12.9. The number of hydrogen-bond donors (Lipinski definition) is 0. The maximum Gasteiger partial charge on any atom is 0.340 e. The van der Waals surface area contributed by atoms with Crippen LogP contribution >= 0.6 is 0 Å². The summed E-state index contributed by atoms with van der Waals surface area (Å²) in [5, 5.41) is 2.18. The highest BCUT2D eigenvalue weighted by molar-refractivity contribution is 6.99. The van der Waals surface area contributed by atoms with Crippen LogP contribution in [0.4, 0.5) is 0 Å². The normalized spacial score (nSPS) is 16.7. The largest absolute Gasteiger partial charge is 0.459 e. The molecule has 0 unspecified atom stereocenters. The summed E-state index contributed by atoms with van der Waals surface area (Å²) in [6, 6.07) is 29.9. The Labute approximate surface area is 276 Å². The number of carbonyl (C=O) groups is 2. The molecular weight excluding hydrogens is 593 g/mol. The summed E-state index contributed by atoms with van der Waals surface area (Å²) in [7, 11) is -2.83. The Hall–Kier alpha value is -3.26. The first-order valence-electron chi connectivity index (χ1n) is 16.7. The lowest BCUT2D eigenvalue weighted by molar-refractivity contribution is -0.158. The van der Waals surface area contributed by atoms with Crippen LogP contribution in [0.25, 0.3) is 0 Å². The molecule has 4 rings (SSSR count). The van der Waals surface area contributed by atoms with Crippen LogP contribution in [0, 0.1) is 11.8 Å². The predicted octanol–water partition coefficient (Wildman–Crippen LogP) is 7.69. The summed E-state index contributed by atoms with van der Waals surface area (Å²) < 4.78 is 25.1. The molecule has 0 bridgehead atoms. The molecule has 3 aromatic carbocycles. The van der Waals surface area contributed by atoms with Gasteiger partial charge in [0.15, 0.2) is 6.79 Å². The van der Waals surface area contributed by atoms with E-state index in [-0.39, 0.29) is 41.3 Å². The molecular formula is C39H52O6Si. The fraction of sp³-hybridized carbons (Fsp3) is 0.487. The molecule has 6 nitrogen and oxygen atoms in total. The second kappa shape index (κ2) is 16.0. The van der Waals surface area contributed by atoms with E-state index in [1.165, 1.54) is 10.4 Å². The van der Waals surface area contributed by atoms with Crippen LogP contribution in [0.15, 0.2) is 91.0 Å². The molecule has 1 saturated carbocycles. The quantitative estimate of drug-likeness (QED) is 0.0960. The van der Waals surface area contributed by atoms with E-state index in [4.69, 9.17) is 18.6 Å². The standard InChI is InChI=1S/C39H52O6Si/c1-30(27-36(40)45-39(6)24-16-17-25-39)26-31(2)35(42-29-43-37(41)32-18-10-7-11-19-32)28-44-46(38(3,4)5,33-20-12-8-13-21-33)34-22-14-9-15-23-34/h7-15,18-23,30-31,35H,16-17,24-29H2,1-6H3/t30-,31+,35-/m0/s1. The first kappa shape index (κ1) is 35.6. The van der Waals surface area contributed by atoms with Gasteiger partial charge < -0.3 is 18.6 Å². The van der Waals surface area contributed by atoms with Gasteiger partial charge in [-0.2, -0.15) is 0 Å². The minimum absolute atomic E-state index is 0.0125. The molecule has 7 heteroatoms. The highest BCUT2D eigenvalue weighted by atomic mass is 28.4. The van der Waals surface area contributed by atoms with Gasteiger partial charge in [-0.1, -0.05) is 113 Å². The molecule has 1 aliphatic carbocycles. The SMILES string of the molecule is C[C@H](CC(=O)OC1(C)CCCC1)C[C@@H](C)[C@H](CO[Si](c1ccccc1)(c1ccccc1)C(C)(C)C)OCOC(=O)c1ccccc1. The zero-order valence-electron chi connectivity index (χ0n) is 28.5. The van der Waals surface area contributed by atoms with E-state index < -0.39 is 14.3 Å². The Morgan fingerprint density at radius 1 is 0.826 bits per heavy atom. The third kappa shape index (κ3) is 9.17. The molecule has 0 heterocycles. The van der Waals surface area contributed by atoms with E-state index in [9.17, 15) is 9.59 Å². The number of rotatable bonds is 15. The lowest BCUT2D eigenvalue weighted by atomic mass is 9.91. The van der Waals surface area contributed by atoms with Crippen molar-refractivity contribution in [3.05, 3.63) is 96.6 Å². The fourth-order valence-corrected chi connectivity index (χ4v) is 11.4. The minimum Gasteiger partial charge on any atom is -0.459 e. The second-order valence-corrected chi connectivity index (χ2v) is 18.6. The van der Waals surface area contributed by atoms with E-state index in [1.807, 2.05) is 25.1 Å². The molecule has 0 spiro atoms. The predicted molar refractivity (Wildman–Crippen MR) is 186 cm³/mol. The van der Waals surface area contributed by atoms with E-state index in [1.54, 1.807) is 24.3 Å². The van der Waals surface area contributed by atoms with Crippen molar-refractivity contribution in [2.75, 3.05) is 13.4 Å². The highest BCUT2D eigenvalue weighted by Gasteiger charge is 2.50. The van der Waals surface area contributed by atoms with Crippen LogP contribution in [0.3, 0.4) is 0 Å². The van der Waals surface area contributed by atoms with E-state index in [2.05, 4.69) is 83.1 Å². The van der Waals surface area contributed by atoms with Gasteiger partial charge in [0.05, 0.1) is 18.3 Å². The van der Waals surface area contributed by atoms with Crippen LogP contribution < -0.4 is 10.4 Å². The Balaban J connectivity index is 1.53. The average molecular weight is 645 g/mol. The molecule has 0 amide bonds.